The molecule has 1 aromatic rings. The minimum Gasteiger partial charge on any atom is -0.506 e. The van der Waals surface area contributed by atoms with Crippen LogP contribution in [0.25, 0.3) is 5.53 Å². The Balaban J connectivity index is 0.000000602. The Labute approximate surface area is 129 Å². The van der Waals surface area contributed by atoms with E-state index in [9.17, 15) is 5.53 Å². The van der Waals surface area contributed by atoms with E-state index in [0.717, 1.165) is 12.3 Å². The van der Waals surface area contributed by atoms with Crippen LogP contribution >= 0.6 is 34.0 Å². The van der Waals surface area contributed by atoms with Crippen molar-refractivity contribution in [2.45, 2.75) is 37.8 Å². The van der Waals surface area contributed by atoms with Crippen LogP contribution in [-0.4, -0.2) is 16.8 Å². The van der Waals surface area contributed by atoms with Crippen LogP contribution in [0.2, 0.25) is 0 Å². The van der Waals surface area contributed by atoms with Gasteiger partial charge >= 0.3 is 0 Å². The second kappa shape index (κ2) is 4.71. The molecule has 0 radical (unpaired) electrons. The Bertz CT molecular complexity index is 462. The average molecular weight is 374 g/mol. The monoisotopic (exact) mass is 372 g/mol. The average Bonchev–Trinajstić information content (AvgIpc) is 2.95. The van der Waals surface area contributed by atoms with Gasteiger partial charge in [-0.1, -0.05) is 30.3 Å². The van der Waals surface area contributed by atoms with Crippen LogP contribution in [0, 0.1) is 11.3 Å². The number of piperidine rings is 1. The summed E-state index contributed by atoms with van der Waals surface area (Å²) in [4.78, 5) is 0. The van der Waals surface area contributed by atoms with Crippen LogP contribution in [-0.2, 0) is 6.42 Å². The quantitative estimate of drug-likeness (QED) is 0.701. The van der Waals surface area contributed by atoms with E-state index in [0.29, 0.717) is 17.5 Å². The highest BCUT2D eigenvalue weighted by molar-refractivity contribution is 8.93. The Morgan fingerprint density at radius 3 is 2.39 bits per heavy atom. The summed E-state index contributed by atoms with van der Waals surface area (Å²) in [6.07, 6.45) is 4.94. The number of hydrogen-bond acceptors (Lipinski definition) is 0. The fraction of sp³-hybridized carbons (Fsp3) is 0.571. The first-order valence-electron chi connectivity index (χ1n) is 6.30. The smallest absolute Gasteiger partial charge is 0.147 e. The van der Waals surface area contributed by atoms with Gasteiger partial charge in [0.1, 0.15) is 12.1 Å². The molecule has 0 N–H and O–H groups in total. The number of halogens is 2. The van der Waals surface area contributed by atoms with Crippen LogP contribution in [0.3, 0.4) is 0 Å². The molecule has 2 nitrogen and oxygen atoms in total. The number of hydrogen-bond donors (Lipinski definition) is 0. The van der Waals surface area contributed by atoms with Crippen molar-refractivity contribution >= 4 is 34.0 Å². The van der Waals surface area contributed by atoms with Crippen molar-refractivity contribution < 1.29 is 4.70 Å². The summed E-state index contributed by atoms with van der Waals surface area (Å²) < 4.78 is 1.68. The lowest BCUT2D eigenvalue weighted by molar-refractivity contribution is -0.592. The van der Waals surface area contributed by atoms with Crippen molar-refractivity contribution in [3.8, 4) is 0 Å². The predicted molar refractivity (Wildman–Crippen MR) is 81.8 cm³/mol. The summed E-state index contributed by atoms with van der Waals surface area (Å²) in [7, 11) is 0. The zero-order valence-electron chi connectivity index (χ0n) is 10.2. The second-order valence-corrected chi connectivity index (χ2v) is 5.89. The molecule has 2 heterocycles. The second-order valence-electron chi connectivity index (χ2n) is 5.89. The van der Waals surface area contributed by atoms with E-state index < -0.39 is 0 Å². The molecule has 0 spiro atoms. The van der Waals surface area contributed by atoms with Crippen molar-refractivity contribution in [1.82, 2.24) is 0 Å². The van der Waals surface area contributed by atoms with E-state index >= 15 is 0 Å². The van der Waals surface area contributed by atoms with Crippen molar-refractivity contribution in [3.05, 3.63) is 41.4 Å². The molecule has 4 bridgehead atoms. The lowest BCUT2D eigenvalue weighted by Crippen LogP contribution is -2.31. The summed E-state index contributed by atoms with van der Waals surface area (Å²) in [6, 6.07) is 11.7. The largest absolute Gasteiger partial charge is 0.506 e. The molecule has 2 aliphatic heterocycles. The third kappa shape index (κ3) is 1.72. The zero-order valence-corrected chi connectivity index (χ0v) is 13.6. The van der Waals surface area contributed by atoms with E-state index in [4.69, 9.17) is 0 Å². The van der Waals surface area contributed by atoms with Gasteiger partial charge in [-0.2, -0.15) is 0 Å². The van der Waals surface area contributed by atoms with E-state index in [1.54, 1.807) is 4.70 Å². The summed E-state index contributed by atoms with van der Waals surface area (Å²) in [5, 5.41) is 0. The predicted octanol–water partition coefficient (Wildman–Crippen LogP) is 3.97. The highest BCUT2D eigenvalue weighted by Gasteiger charge is 2.69. The lowest BCUT2D eigenvalue weighted by Gasteiger charge is -2.25. The van der Waals surface area contributed by atoms with Gasteiger partial charge in [0.05, 0.1) is 0 Å². The molecule has 1 aromatic carbocycles. The van der Waals surface area contributed by atoms with E-state index in [-0.39, 0.29) is 34.0 Å². The summed E-state index contributed by atoms with van der Waals surface area (Å²) >= 11 is 0. The molecule has 2 saturated carbocycles. The molecule has 4 heteroatoms. The van der Waals surface area contributed by atoms with Gasteiger partial charge in [0.25, 0.3) is 0 Å². The van der Waals surface area contributed by atoms with Crippen LogP contribution in [0.4, 0.5) is 0 Å². The first-order chi connectivity index (χ1) is 7.78. The van der Waals surface area contributed by atoms with Gasteiger partial charge in [-0.15, -0.1) is 34.0 Å². The number of nitrogens with zero attached hydrogens (tertiary/aromatic N) is 2. The Hall–Kier alpha value is -0.220. The molecule has 2 saturated heterocycles. The van der Waals surface area contributed by atoms with Gasteiger partial charge in [-0.05, 0) is 18.4 Å². The van der Waals surface area contributed by atoms with E-state index in [1.165, 1.54) is 24.8 Å². The van der Waals surface area contributed by atoms with Crippen LogP contribution in [0.5, 0.6) is 0 Å². The molecule has 4 aliphatic rings. The van der Waals surface area contributed by atoms with E-state index in [2.05, 4.69) is 30.3 Å². The molecule has 18 heavy (non-hydrogen) atoms. The van der Waals surface area contributed by atoms with Crippen molar-refractivity contribution in [2.75, 3.05) is 0 Å². The fourth-order valence-corrected chi connectivity index (χ4v) is 4.57. The molecule has 0 aromatic heterocycles. The normalized spacial score (nSPS) is 38.7. The molecule has 4 fully saturated rings. The van der Waals surface area contributed by atoms with Gasteiger partial charge in [0.15, 0.2) is 0 Å². The number of benzene rings is 1. The maximum absolute atomic E-state index is 10.0. The molecule has 98 valence electrons. The van der Waals surface area contributed by atoms with Crippen molar-refractivity contribution in [1.29, 1.82) is 0 Å². The van der Waals surface area contributed by atoms with E-state index in [1.807, 2.05) is 0 Å². The maximum atomic E-state index is 10.0. The summed E-state index contributed by atoms with van der Waals surface area (Å²) in [6.45, 7) is 0. The molecular weight excluding hydrogens is 356 g/mol. The van der Waals surface area contributed by atoms with Crippen molar-refractivity contribution in [3.63, 3.8) is 0 Å². The third-order valence-corrected chi connectivity index (χ3v) is 5.12. The fourth-order valence-electron chi connectivity index (χ4n) is 4.57. The molecule has 4 atom stereocenters. The highest BCUT2D eigenvalue weighted by atomic mass is 79.9. The first-order valence-corrected chi connectivity index (χ1v) is 6.30. The van der Waals surface area contributed by atoms with Gasteiger partial charge in [-0.25, -0.2) is 0 Å². The number of rotatable bonds is 2. The SMILES string of the molecule is Br.Br.[N-]=[N+]1C2C[C@@]3(Cc4ccccc4)C[C@H]2CC13. The third-order valence-electron chi connectivity index (χ3n) is 5.12. The topological polar surface area (TPSA) is 25.3 Å². The van der Waals surface area contributed by atoms with Crippen molar-refractivity contribution in [2.24, 2.45) is 11.3 Å². The zero-order chi connectivity index (χ0) is 10.8. The lowest BCUT2D eigenvalue weighted by atomic mass is 9.78. The van der Waals surface area contributed by atoms with Crippen LogP contribution in [0.15, 0.2) is 30.3 Å². The Morgan fingerprint density at radius 2 is 1.89 bits per heavy atom. The van der Waals surface area contributed by atoms with Crippen LogP contribution < -0.4 is 0 Å². The minimum atomic E-state index is 0. The minimum absolute atomic E-state index is 0. The van der Waals surface area contributed by atoms with Crippen LogP contribution in [0.1, 0.15) is 24.8 Å². The van der Waals surface area contributed by atoms with Gasteiger partial charge in [0.2, 0.25) is 0 Å². The van der Waals surface area contributed by atoms with Gasteiger partial charge in [-0.3, -0.25) is 0 Å². The molecular formula is C14H18Br2N2. The first kappa shape index (κ1) is 14.2. The molecule has 5 rings (SSSR count). The van der Waals surface area contributed by atoms with Gasteiger partial charge < -0.3 is 10.2 Å². The molecule has 0 amide bonds. The summed E-state index contributed by atoms with van der Waals surface area (Å²) in [5.74, 6) is 0.777. The Morgan fingerprint density at radius 1 is 1.17 bits per heavy atom. The highest BCUT2D eigenvalue weighted by Crippen LogP contribution is 2.63. The Kier molecular flexibility index (Phi) is 3.72. The van der Waals surface area contributed by atoms with Gasteiger partial charge in [0, 0.05) is 24.2 Å². The molecule has 2 aliphatic carbocycles. The molecule has 2 unspecified atom stereocenters. The maximum Gasteiger partial charge on any atom is 0.147 e. The standard InChI is InChI=1S/C14H16N2.2BrH/c15-16-12-9-14(8-11(12)6-13(14)16)7-10-4-2-1-3-5-10;;/h1-5,11-13H,6-9H2;2*1H/t11-,12?,13?,14-;;/m1../s1. The summed E-state index contributed by atoms with van der Waals surface area (Å²) in [5.41, 5.74) is 11.8.